The van der Waals surface area contributed by atoms with E-state index in [4.69, 9.17) is 10.8 Å². The van der Waals surface area contributed by atoms with Crippen molar-refractivity contribution < 1.29 is 18.7 Å². The summed E-state index contributed by atoms with van der Waals surface area (Å²) in [6.07, 6.45) is 0. The number of nitrogen functional groups attached to an aromatic ring is 1. The van der Waals surface area contributed by atoms with Crippen LogP contribution in [0.25, 0.3) is 0 Å². The molecule has 0 spiro atoms. The summed E-state index contributed by atoms with van der Waals surface area (Å²) in [7, 11) is 0. The number of hydrogen-bond acceptors (Lipinski definition) is 3. The fraction of sp³-hybridized carbons (Fsp3) is 0.417. The first-order valence-corrected chi connectivity index (χ1v) is 5.53. The molecule has 1 atom stereocenters. The topological polar surface area (TPSA) is 75.3 Å². The molecule has 0 aromatic heterocycles. The number of amides is 1. The first kappa shape index (κ1) is 14.4. The molecule has 1 rings (SSSR count). The molecule has 6 heteroatoms. The normalized spacial score (nSPS) is 12.6. The van der Waals surface area contributed by atoms with Gasteiger partial charge in [-0.1, -0.05) is 13.8 Å². The number of benzene rings is 1. The van der Waals surface area contributed by atoms with Crippen molar-refractivity contribution in [3.8, 4) is 0 Å². The van der Waals surface area contributed by atoms with Crippen LogP contribution in [0.1, 0.15) is 24.2 Å². The smallest absolute Gasteiger partial charge is 0.257 e. The second-order valence-corrected chi connectivity index (χ2v) is 4.33. The quantitative estimate of drug-likeness (QED) is 0.712. The Morgan fingerprint density at radius 2 is 2.06 bits per heavy atom. The maximum Gasteiger partial charge on any atom is 0.257 e. The van der Waals surface area contributed by atoms with Crippen molar-refractivity contribution in [3.05, 3.63) is 29.3 Å². The number of halogens is 2. The molecule has 0 aliphatic rings. The van der Waals surface area contributed by atoms with Crippen LogP contribution in [0.4, 0.5) is 14.5 Å². The summed E-state index contributed by atoms with van der Waals surface area (Å²) in [5, 5.41) is 11.4. The Morgan fingerprint density at radius 1 is 1.44 bits per heavy atom. The van der Waals surface area contributed by atoms with Gasteiger partial charge in [-0.25, -0.2) is 8.78 Å². The van der Waals surface area contributed by atoms with Crippen molar-refractivity contribution in [2.24, 2.45) is 5.92 Å². The zero-order valence-electron chi connectivity index (χ0n) is 10.2. The van der Waals surface area contributed by atoms with Gasteiger partial charge >= 0.3 is 0 Å². The SMILES string of the molecule is CC(C)[C@@H](CO)NC(=O)c1c(F)ccc(N)c1F. The second-order valence-electron chi connectivity index (χ2n) is 4.33. The number of aliphatic hydroxyl groups excluding tert-OH is 1. The van der Waals surface area contributed by atoms with Gasteiger partial charge in [0.2, 0.25) is 0 Å². The lowest BCUT2D eigenvalue weighted by molar-refractivity contribution is 0.0888. The van der Waals surface area contributed by atoms with E-state index < -0.39 is 29.1 Å². The predicted molar refractivity (Wildman–Crippen MR) is 63.9 cm³/mol. The van der Waals surface area contributed by atoms with Crippen molar-refractivity contribution in [1.29, 1.82) is 0 Å². The summed E-state index contributed by atoms with van der Waals surface area (Å²) in [6.45, 7) is 3.23. The molecule has 0 aliphatic carbocycles. The number of hydrogen-bond donors (Lipinski definition) is 3. The molecule has 0 unspecified atom stereocenters. The van der Waals surface area contributed by atoms with Gasteiger partial charge in [0.1, 0.15) is 11.4 Å². The summed E-state index contributed by atoms with van der Waals surface area (Å²) in [4.78, 5) is 11.8. The predicted octanol–water partition coefficient (Wildman–Crippen LogP) is 1.29. The molecule has 1 amide bonds. The zero-order valence-corrected chi connectivity index (χ0v) is 10.2. The highest BCUT2D eigenvalue weighted by atomic mass is 19.1. The van der Waals surface area contributed by atoms with Crippen LogP contribution in [-0.4, -0.2) is 23.7 Å². The minimum absolute atomic E-state index is 0.0638. The number of rotatable bonds is 4. The van der Waals surface area contributed by atoms with E-state index in [1.54, 1.807) is 13.8 Å². The maximum absolute atomic E-state index is 13.6. The zero-order chi connectivity index (χ0) is 13.9. The van der Waals surface area contributed by atoms with Crippen LogP contribution in [0.15, 0.2) is 12.1 Å². The summed E-state index contributed by atoms with van der Waals surface area (Å²) in [5.74, 6) is -3.07. The van der Waals surface area contributed by atoms with Crippen LogP contribution in [-0.2, 0) is 0 Å². The standard InChI is InChI=1S/C12H16F2N2O2/c1-6(2)9(5-17)16-12(18)10-7(13)3-4-8(15)11(10)14/h3-4,6,9,17H,5,15H2,1-2H3,(H,16,18)/t9-/m1/s1. The van der Waals surface area contributed by atoms with E-state index in [0.717, 1.165) is 12.1 Å². The minimum Gasteiger partial charge on any atom is -0.396 e. The average Bonchev–Trinajstić information content (AvgIpc) is 2.31. The van der Waals surface area contributed by atoms with E-state index >= 15 is 0 Å². The number of aliphatic hydroxyl groups is 1. The van der Waals surface area contributed by atoms with Gasteiger partial charge in [0.15, 0.2) is 5.82 Å². The van der Waals surface area contributed by atoms with Crippen molar-refractivity contribution in [3.63, 3.8) is 0 Å². The number of anilines is 1. The van der Waals surface area contributed by atoms with Gasteiger partial charge in [0.05, 0.1) is 18.3 Å². The van der Waals surface area contributed by atoms with E-state index in [0.29, 0.717) is 0 Å². The van der Waals surface area contributed by atoms with Gasteiger partial charge in [-0.05, 0) is 18.1 Å². The third-order valence-corrected chi connectivity index (χ3v) is 2.67. The fourth-order valence-electron chi connectivity index (χ4n) is 1.44. The molecule has 4 N–H and O–H groups in total. The largest absolute Gasteiger partial charge is 0.396 e. The molecule has 0 fully saturated rings. The summed E-state index contributed by atoms with van der Waals surface area (Å²) in [6, 6.07) is 1.40. The van der Waals surface area contributed by atoms with Crippen LogP contribution in [0.5, 0.6) is 0 Å². The van der Waals surface area contributed by atoms with E-state index in [-0.39, 0.29) is 18.2 Å². The Morgan fingerprint density at radius 3 is 2.56 bits per heavy atom. The molecule has 0 saturated heterocycles. The first-order valence-electron chi connectivity index (χ1n) is 5.53. The van der Waals surface area contributed by atoms with Gasteiger partial charge in [0, 0.05) is 0 Å². The molecule has 0 radical (unpaired) electrons. The fourth-order valence-corrected chi connectivity index (χ4v) is 1.44. The molecule has 1 aromatic carbocycles. The highest BCUT2D eigenvalue weighted by Crippen LogP contribution is 2.18. The Kier molecular flexibility index (Phi) is 4.61. The number of carbonyl (C=O) groups excluding carboxylic acids is 1. The second kappa shape index (κ2) is 5.77. The highest BCUT2D eigenvalue weighted by molar-refractivity contribution is 5.95. The monoisotopic (exact) mass is 258 g/mol. The number of carbonyl (C=O) groups is 1. The van der Waals surface area contributed by atoms with E-state index in [1.165, 1.54) is 0 Å². The third-order valence-electron chi connectivity index (χ3n) is 2.67. The average molecular weight is 258 g/mol. The molecule has 100 valence electrons. The van der Waals surface area contributed by atoms with Crippen molar-refractivity contribution in [2.75, 3.05) is 12.3 Å². The van der Waals surface area contributed by atoms with Crippen molar-refractivity contribution in [1.82, 2.24) is 5.32 Å². The Balaban J connectivity index is 3.01. The third kappa shape index (κ3) is 2.95. The summed E-state index contributed by atoms with van der Waals surface area (Å²) < 4.78 is 27.0. The van der Waals surface area contributed by atoms with Crippen LogP contribution >= 0.6 is 0 Å². The molecular formula is C12H16F2N2O2. The summed E-state index contributed by atoms with van der Waals surface area (Å²) in [5.41, 5.74) is 4.25. The van der Waals surface area contributed by atoms with Gasteiger partial charge in [-0.3, -0.25) is 4.79 Å². The molecule has 0 aliphatic heterocycles. The van der Waals surface area contributed by atoms with Crippen LogP contribution in [0.2, 0.25) is 0 Å². The maximum atomic E-state index is 13.6. The Hall–Kier alpha value is -1.69. The number of nitrogens with two attached hydrogens (primary N) is 1. The lowest BCUT2D eigenvalue weighted by Gasteiger charge is -2.20. The van der Waals surface area contributed by atoms with Crippen molar-refractivity contribution >= 4 is 11.6 Å². The first-order chi connectivity index (χ1) is 8.38. The lowest BCUT2D eigenvalue weighted by Crippen LogP contribution is -2.41. The molecule has 4 nitrogen and oxygen atoms in total. The molecule has 0 heterocycles. The molecule has 18 heavy (non-hydrogen) atoms. The molecule has 1 aromatic rings. The van der Waals surface area contributed by atoms with E-state index in [2.05, 4.69) is 5.32 Å². The van der Waals surface area contributed by atoms with Gasteiger partial charge in [-0.2, -0.15) is 0 Å². The highest BCUT2D eigenvalue weighted by Gasteiger charge is 2.23. The van der Waals surface area contributed by atoms with Gasteiger partial charge in [-0.15, -0.1) is 0 Å². The Labute approximate surface area is 104 Å². The Bertz CT molecular complexity index is 450. The summed E-state index contributed by atoms with van der Waals surface area (Å²) >= 11 is 0. The number of nitrogens with one attached hydrogen (secondary N) is 1. The van der Waals surface area contributed by atoms with Crippen LogP contribution in [0, 0.1) is 17.6 Å². The van der Waals surface area contributed by atoms with E-state index in [9.17, 15) is 13.6 Å². The van der Waals surface area contributed by atoms with Gasteiger partial charge in [0.25, 0.3) is 5.91 Å². The molecular weight excluding hydrogens is 242 g/mol. The van der Waals surface area contributed by atoms with E-state index in [1.807, 2.05) is 0 Å². The van der Waals surface area contributed by atoms with Crippen molar-refractivity contribution in [2.45, 2.75) is 19.9 Å². The van der Waals surface area contributed by atoms with Crippen LogP contribution < -0.4 is 11.1 Å². The minimum atomic E-state index is -1.09. The lowest BCUT2D eigenvalue weighted by atomic mass is 10.0. The van der Waals surface area contributed by atoms with Crippen LogP contribution in [0.3, 0.4) is 0 Å². The molecule has 0 saturated carbocycles. The van der Waals surface area contributed by atoms with Gasteiger partial charge < -0.3 is 16.2 Å². The molecule has 0 bridgehead atoms.